The molecular weight excluding hydrogens is 282 g/mol. The van der Waals surface area contributed by atoms with E-state index >= 15 is 0 Å². The molecule has 0 saturated carbocycles. The Kier molecular flexibility index (Phi) is 4.78. The van der Waals surface area contributed by atoms with Crippen LogP contribution in [0.2, 0.25) is 0 Å². The van der Waals surface area contributed by atoms with Crippen molar-refractivity contribution in [1.82, 2.24) is 0 Å². The van der Waals surface area contributed by atoms with Crippen molar-refractivity contribution in [2.24, 2.45) is 0 Å². The zero-order chi connectivity index (χ0) is 16.1. The lowest BCUT2D eigenvalue weighted by atomic mass is 10.0. The molecule has 0 aliphatic heterocycles. The maximum Gasteiger partial charge on any atom is 0.310 e. The molecule has 0 heterocycles. The largest absolute Gasteiger partial charge is 0.496 e. The summed E-state index contributed by atoms with van der Waals surface area (Å²) in [6.07, 6.45) is 0. The number of carboxylic acid groups (broad SMARTS) is 1. The molecule has 114 valence electrons. The predicted octanol–water partition coefficient (Wildman–Crippen LogP) is 3.14. The zero-order valence-corrected chi connectivity index (χ0v) is 12.4. The van der Waals surface area contributed by atoms with E-state index in [1.54, 1.807) is 55.5 Å². The predicted molar refractivity (Wildman–Crippen MR) is 83.4 cm³/mol. The Bertz CT molecular complexity index is 679. The van der Waals surface area contributed by atoms with Crippen LogP contribution in [0.25, 0.3) is 0 Å². The number of hydrogen-bond donors (Lipinski definition) is 2. The molecule has 2 aromatic carbocycles. The van der Waals surface area contributed by atoms with E-state index in [4.69, 9.17) is 9.84 Å². The molecule has 1 amide bonds. The molecule has 5 nitrogen and oxygen atoms in total. The van der Waals surface area contributed by atoms with Gasteiger partial charge in [0.1, 0.15) is 5.75 Å². The fraction of sp³-hybridized carbons (Fsp3) is 0.176. The molecule has 0 aliphatic rings. The molecular formula is C17H17NO4. The van der Waals surface area contributed by atoms with Crippen LogP contribution in [0.15, 0.2) is 48.5 Å². The number of rotatable bonds is 5. The zero-order valence-electron chi connectivity index (χ0n) is 12.4. The number of hydrogen-bond acceptors (Lipinski definition) is 3. The van der Waals surface area contributed by atoms with Gasteiger partial charge in [-0.15, -0.1) is 0 Å². The van der Waals surface area contributed by atoms with E-state index in [2.05, 4.69) is 5.32 Å². The van der Waals surface area contributed by atoms with E-state index < -0.39 is 11.9 Å². The number of anilines is 1. The van der Waals surface area contributed by atoms with E-state index in [0.29, 0.717) is 22.6 Å². The van der Waals surface area contributed by atoms with Crippen LogP contribution in [0.4, 0.5) is 5.69 Å². The molecule has 0 bridgehead atoms. The summed E-state index contributed by atoms with van der Waals surface area (Å²) >= 11 is 0. The Morgan fingerprint density at radius 1 is 1.09 bits per heavy atom. The summed E-state index contributed by atoms with van der Waals surface area (Å²) in [5.74, 6) is -1.25. The molecule has 1 unspecified atom stereocenters. The molecule has 0 fully saturated rings. The van der Waals surface area contributed by atoms with Crippen molar-refractivity contribution in [1.29, 1.82) is 0 Å². The van der Waals surface area contributed by atoms with Crippen LogP contribution in [0, 0.1) is 0 Å². The lowest BCUT2D eigenvalue weighted by Crippen LogP contribution is -2.13. The van der Waals surface area contributed by atoms with Crippen molar-refractivity contribution < 1.29 is 19.4 Å². The van der Waals surface area contributed by atoms with Gasteiger partial charge in [-0.05, 0) is 36.8 Å². The number of amides is 1. The molecule has 0 radical (unpaired) electrons. The van der Waals surface area contributed by atoms with Crippen molar-refractivity contribution >= 4 is 17.6 Å². The second-order valence-corrected chi connectivity index (χ2v) is 4.84. The number of benzene rings is 2. The van der Waals surface area contributed by atoms with Gasteiger partial charge in [0.15, 0.2) is 0 Å². The maximum atomic E-state index is 12.2. The first-order valence-electron chi connectivity index (χ1n) is 6.80. The molecule has 0 aliphatic carbocycles. The van der Waals surface area contributed by atoms with Gasteiger partial charge in [0.05, 0.1) is 18.6 Å². The lowest BCUT2D eigenvalue weighted by molar-refractivity contribution is -0.138. The summed E-state index contributed by atoms with van der Waals surface area (Å²) in [5.41, 5.74) is 1.72. The Morgan fingerprint density at radius 3 is 2.32 bits per heavy atom. The SMILES string of the molecule is COc1ccccc1C(=O)Nc1ccc(C(C)C(=O)O)cc1. The minimum atomic E-state index is -0.884. The van der Waals surface area contributed by atoms with E-state index in [-0.39, 0.29) is 5.91 Å². The highest BCUT2D eigenvalue weighted by atomic mass is 16.5. The fourth-order valence-corrected chi connectivity index (χ4v) is 2.03. The third-order valence-corrected chi connectivity index (χ3v) is 3.39. The second kappa shape index (κ2) is 6.76. The van der Waals surface area contributed by atoms with E-state index in [0.717, 1.165) is 0 Å². The van der Waals surface area contributed by atoms with Crippen molar-refractivity contribution in [2.75, 3.05) is 12.4 Å². The summed E-state index contributed by atoms with van der Waals surface area (Å²) < 4.78 is 5.15. The van der Waals surface area contributed by atoms with Gasteiger partial charge in [0.25, 0.3) is 5.91 Å². The van der Waals surface area contributed by atoms with Crippen molar-refractivity contribution in [3.05, 3.63) is 59.7 Å². The Labute approximate surface area is 128 Å². The van der Waals surface area contributed by atoms with E-state index in [1.165, 1.54) is 7.11 Å². The Hall–Kier alpha value is -2.82. The van der Waals surface area contributed by atoms with Gasteiger partial charge in [-0.3, -0.25) is 9.59 Å². The fourth-order valence-electron chi connectivity index (χ4n) is 2.03. The third kappa shape index (κ3) is 3.44. The van der Waals surface area contributed by atoms with Crippen LogP contribution >= 0.6 is 0 Å². The van der Waals surface area contributed by atoms with Gasteiger partial charge in [0.2, 0.25) is 0 Å². The summed E-state index contributed by atoms with van der Waals surface area (Å²) in [6.45, 7) is 1.62. The topological polar surface area (TPSA) is 75.6 Å². The van der Waals surface area contributed by atoms with E-state index in [1.807, 2.05) is 0 Å². The number of carbonyl (C=O) groups is 2. The first-order valence-corrected chi connectivity index (χ1v) is 6.80. The summed E-state index contributed by atoms with van der Waals surface area (Å²) in [4.78, 5) is 23.2. The van der Waals surface area contributed by atoms with Gasteiger partial charge >= 0.3 is 5.97 Å². The number of nitrogens with one attached hydrogen (secondary N) is 1. The minimum Gasteiger partial charge on any atom is -0.496 e. The molecule has 5 heteroatoms. The summed E-state index contributed by atoms with van der Waals surface area (Å²) in [5, 5.41) is 11.7. The molecule has 0 aromatic heterocycles. The molecule has 2 rings (SSSR count). The second-order valence-electron chi connectivity index (χ2n) is 4.84. The Morgan fingerprint density at radius 2 is 1.73 bits per heavy atom. The maximum absolute atomic E-state index is 12.2. The van der Waals surface area contributed by atoms with E-state index in [9.17, 15) is 9.59 Å². The van der Waals surface area contributed by atoms with Crippen LogP contribution in [-0.4, -0.2) is 24.1 Å². The van der Waals surface area contributed by atoms with Crippen LogP contribution < -0.4 is 10.1 Å². The number of para-hydroxylation sites is 1. The number of carbonyl (C=O) groups excluding carboxylic acids is 1. The molecule has 0 spiro atoms. The highest BCUT2D eigenvalue weighted by Gasteiger charge is 2.14. The molecule has 1 atom stereocenters. The number of methoxy groups -OCH3 is 1. The smallest absolute Gasteiger partial charge is 0.310 e. The van der Waals surface area contributed by atoms with Crippen LogP contribution in [0.5, 0.6) is 5.75 Å². The number of aliphatic carboxylic acids is 1. The highest BCUT2D eigenvalue weighted by molar-refractivity contribution is 6.06. The average molecular weight is 299 g/mol. The monoisotopic (exact) mass is 299 g/mol. The normalized spacial score (nSPS) is 11.5. The number of carboxylic acids is 1. The van der Waals surface area contributed by atoms with Crippen LogP contribution in [-0.2, 0) is 4.79 Å². The first kappa shape index (κ1) is 15.6. The molecule has 22 heavy (non-hydrogen) atoms. The molecule has 0 saturated heterocycles. The van der Waals surface area contributed by atoms with Gasteiger partial charge in [-0.1, -0.05) is 24.3 Å². The standard InChI is InChI=1S/C17H17NO4/c1-11(17(20)21)12-7-9-13(10-8-12)18-16(19)14-5-3-4-6-15(14)22-2/h3-11H,1-2H3,(H,18,19)(H,20,21). The first-order chi connectivity index (χ1) is 10.5. The Balaban J connectivity index is 2.14. The summed E-state index contributed by atoms with van der Waals surface area (Å²) in [7, 11) is 1.51. The van der Waals surface area contributed by atoms with Crippen molar-refractivity contribution in [3.8, 4) is 5.75 Å². The van der Waals surface area contributed by atoms with Gasteiger partial charge in [-0.2, -0.15) is 0 Å². The minimum absolute atomic E-state index is 0.281. The van der Waals surface area contributed by atoms with Gasteiger partial charge in [-0.25, -0.2) is 0 Å². The molecule has 2 aromatic rings. The number of ether oxygens (including phenoxy) is 1. The van der Waals surface area contributed by atoms with Gasteiger partial charge < -0.3 is 15.2 Å². The quantitative estimate of drug-likeness (QED) is 0.889. The van der Waals surface area contributed by atoms with Crippen molar-refractivity contribution in [3.63, 3.8) is 0 Å². The van der Waals surface area contributed by atoms with Gasteiger partial charge in [0, 0.05) is 5.69 Å². The van der Waals surface area contributed by atoms with Crippen LogP contribution in [0.3, 0.4) is 0 Å². The lowest BCUT2D eigenvalue weighted by Gasteiger charge is -2.10. The van der Waals surface area contributed by atoms with Crippen LogP contribution in [0.1, 0.15) is 28.8 Å². The third-order valence-electron chi connectivity index (χ3n) is 3.39. The van der Waals surface area contributed by atoms with Crippen molar-refractivity contribution in [2.45, 2.75) is 12.8 Å². The highest BCUT2D eigenvalue weighted by Crippen LogP contribution is 2.21. The summed E-state index contributed by atoms with van der Waals surface area (Å²) in [6, 6.07) is 13.7. The average Bonchev–Trinajstić information content (AvgIpc) is 2.54. The molecule has 2 N–H and O–H groups in total.